The molecule has 2 rings (SSSR count). The first kappa shape index (κ1) is 12.5. The summed E-state index contributed by atoms with van der Waals surface area (Å²) >= 11 is 0. The van der Waals surface area contributed by atoms with Crippen molar-refractivity contribution in [2.24, 2.45) is 0 Å². The maximum Gasteiger partial charge on any atom is 0.0543 e. The van der Waals surface area contributed by atoms with Gasteiger partial charge in [0, 0.05) is 18.8 Å². The van der Waals surface area contributed by atoms with E-state index in [1.807, 2.05) is 12.3 Å². The van der Waals surface area contributed by atoms with E-state index in [4.69, 9.17) is 0 Å². The summed E-state index contributed by atoms with van der Waals surface area (Å²) in [7, 11) is 2.18. The second-order valence-electron chi connectivity index (χ2n) is 4.99. The van der Waals surface area contributed by atoms with Crippen LogP contribution in [0.4, 0.5) is 0 Å². The van der Waals surface area contributed by atoms with Crippen LogP contribution in [0.1, 0.15) is 31.4 Å². The molecule has 1 atom stereocenters. The zero-order valence-electron chi connectivity index (χ0n) is 10.7. The first-order chi connectivity index (χ1) is 8.34. The molecule has 17 heavy (non-hydrogen) atoms. The maximum absolute atomic E-state index is 4.35. The van der Waals surface area contributed by atoms with Gasteiger partial charge in [-0.25, -0.2) is 0 Å². The molecule has 1 aliphatic rings. The smallest absolute Gasteiger partial charge is 0.0543 e. The van der Waals surface area contributed by atoms with Gasteiger partial charge in [0.1, 0.15) is 0 Å². The number of hydrogen-bond donors (Lipinski definition) is 1. The van der Waals surface area contributed by atoms with Gasteiger partial charge < -0.3 is 10.2 Å². The Bertz CT molecular complexity index is 307. The molecule has 0 bridgehead atoms. The Morgan fingerprint density at radius 3 is 3.12 bits per heavy atom. The average molecular weight is 233 g/mol. The molecule has 1 fully saturated rings. The molecule has 2 heterocycles. The molecule has 1 N–H and O–H groups in total. The van der Waals surface area contributed by atoms with Crippen molar-refractivity contribution in [2.45, 2.75) is 38.3 Å². The molecule has 0 spiro atoms. The van der Waals surface area contributed by atoms with Crippen molar-refractivity contribution in [1.82, 2.24) is 15.2 Å². The summed E-state index contributed by atoms with van der Waals surface area (Å²) in [6.45, 7) is 3.34. The molecule has 1 saturated heterocycles. The number of pyridine rings is 1. The quantitative estimate of drug-likeness (QED) is 0.815. The third kappa shape index (κ3) is 4.44. The number of rotatable bonds is 6. The van der Waals surface area contributed by atoms with Crippen LogP contribution < -0.4 is 5.32 Å². The van der Waals surface area contributed by atoms with Gasteiger partial charge in [-0.2, -0.15) is 0 Å². The van der Waals surface area contributed by atoms with Crippen molar-refractivity contribution in [3.63, 3.8) is 0 Å². The van der Waals surface area contributed by atoms with Crippen LogP contribution in [-0.4, -0.2) is 36.1 Å². The molecule has 0 aliphatic carbocycles. The van der Waals surface area contributed by atoms with Gasteiger partial charge >= 0.3 is 0 Å². The summed E-state index contributed by atoms with van der Waals surface area (Å²) in [6.07, 6.45) is 7.18. The maximum atomic E-state index is 4.35. The predicted molar refractivity (Wildman–Crippen MR) is 70.8 cm³/mol. The largest absolute Gasteiger partial charge is 0.314 e. The fraction of sp³-hybridized carbons (Fsp3) is 0.643. The highest BCUT2D eigenvalue weighted by atomic mass is 15.1. The summed E-state index contributed by atoms with van der Waals surface area (Å²) in [5.74, 6) is 0. The van der Waals surface area contributed by atoms with E-state index in [1.54, 1.807) is 0 Å². The topological polar surface area (TPSA) is 28.2 Å². The van der Waals surface area contributed by atoms with Crippen molar-refractivity contribution in [3.05, 3.63) is 30.1 Å². The van der Waals surface area contributed by atoms with Crippen molar-refractivity contribution in [3.8, 4) is 0 Å². The first-order valence-corrected chi connectivity index (χ1v) is 6.66. The fourth-order valence-electron chi connectivity index (χ4n) is 2.46. The molecule has 0 radical (unpaired) electrons. The predicted octanol–water partition coefficient (Wildman–Crippen LogP) is 2.05. The molecule has 1 aromatic heterocycles. The highest BCUT2D eigenvalue weighted by molar-refractivity contribution is 5.02. The van der Waals surface area contributed by atoms with Gasteiger partial charge in [-0.05, 0) is 58.0 Å². The van der Waals surface area contributed by atoms with E-state index in [1.165, 1.54) is 32.2 Å². The molecule has 3 nitrogen and oxygen atoms in total. The minimum Gasteiger partial charge on any atom is -0.314 e. The van der Waals surface area contributed by atoms with Crippen LogP contribution in [-0.2, 0) is 6.54 Å². The number of nitrogens with zero attached hydrogens (tertiary/aromatic N) is 2. The van der Waals surface area contributed by atoms with E-state index >= 15 is 0 Å². The Hall–Kier alpha value is -0.930. The van der Waals surface area contributed by atoms with Crippen molar-refractivity contribution in [1.29, 1.82) is 0 Å². The summed E-state index contributed by atoms with van der Waals surface area (Å²) in [5.41, 5.74) is 1.16. The van der Waals surface area contributed by atoms with E-state index in [0.717, 1.165) is 24.8 Å². The van der Waals surface area contributed by atoms with Gasteiger partial charge in [0.25, 0.3) is 0 Å². The van der Waals surface area contributed by atoms with Gasteiger partial charge in [-0.3, -0.25) is 4.98 Å². The zero-order chi connectivity index (χ0) is 11.9. The van der Waals surface area contributed by atoms with Gasteiger partial charge in [0.2, 0.25) is 0 Å². The summed E-state index contributed by atoms with van der Waals surface area (Å²) in [4.78, 5) is 6.71. The van der Waals surface area contributed by atoms with Crippen molar-refractivity contribution < 1.29 is 0 Å². The summed E-state index contributed by atoms with van der Waals surface area (Å²) in [5, 5.41) is 3.55. The van der Waals surface area contributed by atoms with Crippen LogP contribution in [0.2, 0.25) is 0 Å². The van der Waals surface area contributed by atoms with Crippen LogP contribution in [0, 0.1) is 0 Å². The van der Waals surface area contributed by atoms with E-state index < -0.39 is 0 Å². The van der Waals surface area contributed by atoms with Gasteiger partial charge in [0.15, 0.2) is 0 Å². The zero-order valence-corrected chi connectivity index (χ0v) is 10.7. The summed E-state index contributed by atoms with van der Waals surface area (Å²) in [6, 6.07) is 6.89. The second kappa shape index (κ2) is 6.72. The van der Waals surface area contributed by atoms with Gasteiger partial charge in [0.05, 0.1) is 5.69 Å². The lowest BCUT2D eigenvalue weighted by Crippen LogP contribution is -2.24. The SMILES string of the molecule is CN(CCCC1CCCN1)Cc1ccccn1. The molecular formula is C14H23N3. The molecule has 1 unspecified atom stereocenters. The standard InChI is InChI=1S/C14H23N3/c1-17(12-14-6-2-3-9-16-14)11-5-8-13-7-4-10-15-13/h2-3,6,9,13,15H,4-5,7-8,10-12H2,1H3. The normalized spacial score (nSPS) is 20.0. The van der Waals surface area contributed by atoms with E-state index in [-0.39, 0.29) is 0 Å². The average Bonchev–Trinajstić information content (AvgIpc) is 2.83. The van der Waals surface area contributed by atoms with Crippen LogP contribution in [0.15, 0.2) is 24.4 Å². The Kier molecular flexibility index (Phi) is 4.95. The minimum absolute atomic E-state index is 0.776. The van der Waals surface area contributed by atoms with Gasteiger partial charge in [-0.15, -0.1) is 0 Å². The molecule has 3 heteroatoms. The van der Waals surface area contributed by atoms with E-state index in [0.29, 0.717) is 0 Å². The third-order valence-corrected chi connectivity index (χ3v) is 3.41. The number of aromatic nitrogens is 1. The Morgan fingerprint density at radius 2 is 2.41 bits per heavy atom. The lowest BCUT2D eigenvalue weighted by molar-refractivity contribution is 0.308. The Morgan fingerprint density at radius 1 is 1.47 bits per heavy atom. The number of nitrogens with one attached hydrogen (secondary N) is 1. The Labute approximate surface area is 104 Å². The Balaban J connectivity index is 1.62. The minimum atomic E-state index is 0.776. The fourth-order valence-corrected chi connectivity index (χ4v) is 2.46. The third-order valence-electron chi connectivity index (χ3n) is 3.41. The van der Waals surface area contributed by atoms with Crippen LogP contribution in [0.3, 0.4) is 0 Å². The highest BCUT2D eigenvalue weighted by Crippen LogP contribution is 2.11. The van der Waals surface area contributed by atoms with E-state index in [9.17, 15) is 0 Å². The van der Waals surface area contributed by atoms with Crippen molar-refractivity contribution in [2.75, 3.05) is 20.1 Å². The highest BCUT2D eigenvalue weighted by Gasteiger charge is 2.13. The number of hydrogen-bond acceptors (Lipinski definition) is 3. The lowest BCUT2D eigenvalue weighted by atomic mass is 10.1. The monoisotopic (exact) mass is 233 g/mol. The van der Waals surface area contributed by atoms with Crippen molar-refractivity contribution >= 4 is 0 Å². The molecule has 94 valence electrons. The second-order valence-corrected chi connectivity index (χ2v) is 4.99. The van der Waals surface area contributed by atoms with Crippen LogP contribution in [0.25, 0.3) is 0 Å². The molecule has 0 saturated carbocycles. The molecular weight excluding hydrogens is 210 g/mol. The molecule has 0 aromatic carbocycles. The lowest BCUT2D eigenvalue weighted by Gasteiger charge is -2.17. The molecule has 1 aliphatic heterocycles. The van der Waals surface area contributed by atoms with E-state index in [2.05, 4.69) is 34.4 Å². The molecule has 0 amide bonds. The summed E-state index contributed by atoms with van der Waals surface area (Å²) < 4.78 is 0. The van der Waals surface area contributed by atoms with Gasteiger partial charge in [-0.1, -0.05) is 6.07 Å². The first-order valence-electron chi connectivity index (χ1n) is 6.66. The van der Waals surface area contributed by atoms with Crippen LogP contribution in [0.5, 0.6) is 0 Å². The van der Waals surface area contributed by atoms with Crippen LogP contribution >= 0.6 is 0 Å². The molecule has 1 aromatic rings.